The molecule has 0 saturated carbocycles. The molecule has 0 aliphatic carbocycles. The summed E-state index contributed by atoms with van der Waals surface area (Å²) in [6.07, 6.45) is 7.60. The Hall–Kier alpha value is -4.04. The van der Waals surface area contributed by atoms with Gasteiger partial charge in [-0.15, -0.1) is 0 Å². The minimum atomic E-state index is -0.391. The van der Waals surface area contributed by atoms with Crippen molar-refractivity contribution in [1.29, 1.82) is 0 Å². The number of unbranched alkanes of at least 4 members (excludes halogenated alkanes) is 1. The number of aromatic nitrogens is 2. The molecule has 1 aliphatic heterocycles. The first-order valence-electron chi connectivity index (χ1n) is 13.3. The number of imidazole rings is 1. The first-order valence-corrected chi connectivity index (χ1v) is 13.3. The number of hydrogen-bond donors (Lipinski definition) is 1. The van der Waals surface area contributed by atoms with Gasteiger partial charge in [-0.1, -0.05) is 68.3 Å². The maximum absolute atomic E-state index is 14.1. The summed E-state index contributed by atoms with van der Waals surface area (Å²) in [5.74, 6) is 0.946. The molecule has 1 unspecified atom stereocenters. The number of amides is 1. The van der Waals surface area contributed by atoms with Crippen LogP contribution in [0.1, 0.15) is 47.9 Å². The van der Waals surface area contributed by atoms with Crippen molar-refractivity contribution >= 4 is 22.4 Å². The third-order valence-corrected chi connectivity index (χ3v) is 7.41. The van der Waals surface area contributed by atoms with Gasteiger partial charge >= 0.3 is 0 Å². The second kappa shape index (κ2) is 11.6. The van der Waals surface area contributed by atoms with Crippen molar-refractivity contribution in [3.05, 3.63) is 106 Å². The van der Waals surface area contributed by atoms with Gasteiger partial charge in [0.2, 0.25) is 0 Å². The van der Waals surface area contributed by atoms with Crippen LogP contribution in [0.4, 0.5) is 5.69 Å². The Kier molecular flexibility index (Phi) is 7.79. The zero-order chi connectivity index (χ0) is 26.5. The number of hydrogen-bond acceptors (Lipinski definition) is 5. The van der Waals surface area contributed by atoms with Crippen LogP contribution in [0.5, 0.6) is 0 Å². The molecule has 38 heavy (non-hydrogen) atoms. The Morgan fingerprint density at radius 1 is 1.11 bits per heavy atom. The van der Waals surface area contributed by atoms with E-state index < -0.39 is 4.92 Å². The average Bonchev–Trinajstić information content (AvgIpc) is 3.38. The van der Waals surface area contributed by atoms with Gasteiger partial charge in [0, 0.05) is 62.2 Å². The number of non-ortho nitro benzene ring substituents is 1. The number of carbonyl (C=O) groups excluding carboxylic acids is 1. The normalized spacial score (nSPS) is 17.6. The highest BCUT2D eigenvalue weighted by Crippen LogP contribution is 2.24. The molecule has 2 heterocycles. The van der Waals surface area contributed by atoms with Crippen molar-refractivity contribution in [3.8, 4) is 0 Å². The molecule has 1 saturated heterocycles. The highest BCUT2D eigenvalue weighted by atomic mass is 16.6. The van der Waals surface area contributed by atoms with E-state index in [0.717, 1.165) is 47.0 Å². The van der Waals surface area contributed by atoms with Gasteiger partial charge in [-0.05, 0) is 28.8 Å². The Labute approximate surface area is 222 Å². The van der Waals surface area contributed by atoms with Gasteiger partial charge in [0.15, 0.2) is 0 Å². The van der Waals surface area contributed by atoms with Crippen molar-refractivity contribution in [3.63, 3.8) is 0 Å². The number of benzene rings is 3. The summed E-state index contributed by atoms with van der Waals surface area (Å²) >= 11 is 0. The molecular formula is C30H33N5O3. The van der Waals surface area contributed by atoms with E-state index in [2.05, 4.69) is 21.8 Å². The number of nitrogens with one attached hydrogen (secondary N) is 1. The zero-order valence-corrected chi connectivity index (χ0v) is 21.6. The molecule has 0 radical (unpaired) electrons. The lowest BCUT2D eigenvalue weighted by Gasteiger charge is -2.41. The fourth-order valence-electron chi connectivity index (χ4n) is 5.31. The molecule has 8 heteroatoms. The van der Waals surface area contributed by atoms with Gasteiger partial charge < -0.3 is 14.8 Å². The summed E-state index contributed by atoms with van der Waals surface area (Å²) in [6.45, 7) is 4.12. The summed E-state index contributed by atoms with van der Waals surface area (Å²) in [5.41, 5.74) is 1.77. The van der Waals surface area contributed by atoms with Crippen molar-refractivity contribution in [2.24, 2.45) is 0 Å². The molecule has 196 valence electrons. The standard InChI is InChI=1S/C30H33N5O3/c1-2-3-9-24-21-34(30(36)28-11-6-8-23-7-4-5-10-27(23)28)26(19-32-24)18-29-31-16-17-33(29)20-22-12-14-25(15-13-22)35(37)38/h4-8,10-17,24,26,32H,2-3,9,18-21H2,1H3/t24-,26?/m0/s1. The molecule has 1 fully saturated rings. The van der Waals surface area contributed by atoms with E-state index in [0.29, 0.717) is 26.1 Å². The molecule has 1 aromatic heterocycles. The lowest BCUT2D eigenvalue weighted by molar-refractivity contribution is -0.384. The Bertz CT molecular complexity index is 1410. The number of nitro benzene ring substituents is 1. The van der Waals surface area contributed by atoms with E-state index in [1.807, 2.05) is 53.6 Å². The van der Waals surface area contributed by atoms with Crippen LogP contribution in [0.2, 0.25) is 0 Å². The van der Waals surface area contributed by atoms with E-state index in [9.17, 15) is 14.9 Å². The first kappa shape index (κ1) is 25.6. The summed E-state index contributed by atoms with van der Waals surface area (Å²) in [7, 11) is 0. The number of nitro groups is 1. The van der Waals surface area contributed by atoms with E-state index in [1.54, 1.807) is 18.3 Å². The molecule has 0 bridgehead atoms. The summed E-state index contributed by atoms with van der Waals surface area (Å²) in [5, 5.41) is 16.7. The van der Waals surface area contributed by atoms with Gasteiger partial charge in [0.25, 0.3) is 11.6 Å². The number of carbonyl (C=O) groups is 1. The van der Waals surface area contributed by atoms with Crippen molar-refractivity contribution < 1.29 is 9.72 Å². The van der Waals surface area contributed by atoms with Gasteiger partial charge in [-0.2, -0.15) is 0 Å². The molecular weight excluding hydrogens is 478 g/mol. The molecule has 1 aliphatic rings. The smallest absolute Gasteiger partial charge is 0.269 e. The van der Waals surface area contributed by atoms with Crippen molar-refractivity contribution in [2.45, 2.75) is 51.2 Å². The van der Waals surface area contributed by atoms with Gasteiger partial charge in [-0.25, -0.2) is 4.98 Å². The van der Waals surface area contributed by atoms with E-state index >= 15 is 0 Å². The van der Waals surface area contributed by atoms with Gasteiger partial charge in [0.1, 0.15) is 5.82 Å². The van der Waals surface area contributed by atoms with E-state index in [1.165, 1.54) is 12.1 Å². The van der Waals surface area contributed by atoms with E-state index in [-0.39, 0.29) is 23.7 Å². The topological polar surface area (TPSA) is 93.3 Å². The highest BCUT2D eigenvalue weighted by molar-refractivity contribution is 6.07. The Morgan fingerprint density at radius 3 is 2.68 bits per heavy atom. The SMILES string of the molecule is CCCC[C@H]1CN(C(=O)c2cccc3ccccc23)C(Cc2nccn2Cc2ccc([N+](=O)[O-])cc2)CN1. The van der Waals surface area contributed by atoms with Gasteiger partial charge in [-0.3, -0.25) is 14.9 Å². The van der Waals surface area contributed by atoms with Crippen LogP contribution in [-0.4, -0.2) is 50.5 Å². The molecule has 1 N–H and O–H groups in total. The van der Waals surface area contributed by atoms with Crippen molar-refractivity contribution in [2.75, 3.05) is 13.1 Å². The molecule has 3 aromatic carbocycles. The largest absolute Gasteiger partial charge is 0.332 e. The number of piperazine rings is 1. The molecule has 4 aromatic rings. The second-order valence-corrected chi connectivity index (χ2v) is 9.98. The minimum absolute atomic E-state index is 0.0441. The van der Waals surface area contributed by atoms with Crippen LogP contribution in [0.3, 0.4) is 0 Å². The molecule has 8 nitrogen and oxygen atoms in total. The predicted octanol–water partition coefficient (Wildman–Crippen LogP) is 5.21. The third-order valence-electron chi connectivity index (χ3n) is 7.41. The van der Waals surface area contributed by atoms with E-state index in [4.69, 9.17) is 0 Å². The summed E-state index contributed by atoms with van der Waals surface area (Å²) < 4.78 is 2.06. The highest BCUT2D eigenvalue weighted by Gasteiger charge is 2.33. The van der Waals surface area contributed by atoms with Crippen LogP contribution in [-0.2, 0) is 13.0 Å². The van der Waals surface area contributed by atoms with Crippen LogP contribution in [0.25, 0.3) is 10.8 Å². The maximum atomic E-state index is 14.1. The number of rotatable bonds is 9. The minimum Gasteiger partial charge on any atom is -0.332 e. The third kappa shape index (κ3) is 5.60. The average molecular weight is 512 g/mol. The lowest BCUT2D eigenvalue weighted by Crippen LogP contribution is -2.59. The quantitative estimate of drug-likeness (QED) is 0.246. The Morgan fingerprint density at radius 2 is 1.89 bits per heavy atom. The predicted molar refractivity (Wildman–Crippen MR) is 148 cm³/mol. The van der Waals surface area contributed by atoms with Crippen LogP contribution < -0.4 is 5.32 Å². The molecule has 1 amide bonds. The molecule has 0 spiro atoms. The summed E-state index contributed by atoms with van der Waals surface area (Å²) in [6, 6.07) is 20.8. The van der Waals surface area contributed by atoms with Crippen LogP contribution in [0.15, 0.2) is 79.1 Å². The lowest BCUT2D eigenvalue weighted by atomic mass is 9.98. The van der Waals surface area contributed by atoms with Crippen LogP contribution in [0, 0.1) is 10.1 Å². The number of nitrogens with zero attached hydrogens (tertiary/aromatic N) is 4. The van der Waals surface area contributed by atoms with Gasteiger partial charge in [0.05, 0.1) is 11.0 Å². The summed E-state index contributed by atoms with van der Waals surface area (Å²) in [4.78, 5) is 31.3. The first-order chi connectivity index (χ1) is 18.5. The number of fused-ring (bicyclic) bond motifs is 1. The molecule has 5 rings (SSSR count). The Balaban J connectivity index is 1.39. The monoisotopic (exact) mass is 511 g/mol. The fourth-order valence-corrected chi connectivity index (χ4v) is 5.31. The second-order valence-electron chi connectivity index (χ2n) is 9.98. The maximum Gasteiger partial charge on any atom is 0.269 e. The van der Waals surface area contributed by atoms with Crippen molar-refractivity contribution in [1.82, 2.24) is 19.8 Å². The molecule has 2 atom stereocenters. The zero-order valence-electron chi connectivity index (χ0n) is 21.6. The van der Waals surface area contributed by atoms with Crippen LogP contribution >= 0.6 is 0 Å². The fraction of sp³-hybridized carbons (Fsp3) is 0.333.